The van der Waals surface area contributed by atoms with Gasteiger partial charge in [0.15, 0.2) is 0 Å². The van der Waals surface area contributed by atoms with Gasteiger partial charge in [0, 0.05) is 17.5 Å². The van der Waals surface area contributed by atoms with Crippen molar-refractivity contribution in [3.8, 4) is 16.9 Å². The van der Waals surface area contributed by atoms with E-state index in [1.165, 1.54) is 6.07 Å². The van der Waals surface area contributed by atoms with E-state index in [0.29, 0.717) is 16.9 Å². The number of anilines is 1. The van der Waals surface area contributed by atoms with Crippen molar-refractivity contribution in [2.24, 2.45) is 0 Å². The monoisotopic (exact) mass is 382 g/mol. The van der Waals surface area contributed by atoms with Crippen molar-refractivity contribution >= 4 is 22.7 Å². The number of carboxylic acids is 1. The van der Waals surface area contributed by atoms with E-state index in [-0.39, 0.29) is 30.5 Å². The van der Waals surface area contributed by atoms with E-state index < -0.39 is 5.97 Å². The fourth-order valence-corrected chi connectivity index (χ4v) is 3.38. The fraction of sp³-hybridized carbons (Fsp3) is 0.273. The smallest absolute Gasteiger partial charge is 0.305 e. The molecule has 3 N–H and O–H groups in total. The van der Waals surface area contributed by atoms with Crippen LogP contribution in [0.2, 0.25) is 0 Å². The van der Waals surface area contributed by atoms with Gasteiger partial charge in [0.25, 0.3) is 0 Å². The molecule has 0 aliphatic rings. The van der Waals surface area contributed by atoms with Crippen LogP contribution < -0.4 is 5.32 Å². The number of phenols is 1. The van der Waals surface area contributed by atoms with Crippen LogP contribution in [-0.4, -0.2) is 27.7 Å². The standard InChI is InChI=1S/C22H23FN2O3/c1-12(2)19-20(14-7-8-16(23)13(3)11-14)15-5-4-6-17(26)21(15)25-22(19)24-10-9-18(27)28/h4-8,11-12,26H,9-10H2,1-3H3,(H,24,25)(H,27,28). The second-order valence-corrected chi connectivity index (χ2v) is 7.11. The zero-order chi connectivity index (χ0) is 20.4. The Hall–Kier alpha value is -3.15. The highest BCUT2D eigenvalue weighted by Crippen LogP contribution is 2.41. The number of carboxylic acid groups (broad SMARTS) is 1. The van der Waals surface area contributed by atoms with Crippen molar-refractivity contribution in [2.45, 2.75) is 33.1 Å². The highest BCUT2D eigenvalue weighted by molar-refractivity contribution is 6.01. The first kappa shape index (κ1) is 19.6. The van der Waals surface area contributed by atoms with Crippen LogP contribution >= 0.6 is 0 Å². The molecule has 3 rings (SSSR count). The lowest BCUT2D eigenvalue weighted by Crippen LogP contribution is -2.12. The summed E-state index contributed by atoms with van der Waals surface area (Å²) < 4.78 is 13.9. The average molecular weight is 382 g/mol. The van der Waals surface area contributed by atoms with E-state index in [9.17, 15) is 14.3 Å². The molecule has 0 spiro atoms. The number of rotatable bonds is 6. The number of aromatic nitrogens is 1. The number of para-hydroxylation sites is 1. The molecule has 3 aromatic rings. The topological polar surface area (TPSA) is 82.5 Å². The van der Waals surface area contributed by atoms with Crippen molar-refractivity contribution in [3.05, 3.63) is 53.3 Å². The van der Waals surface area contributed by atoms with Gasteiger partial charge in [-0.2, -0.15) is 0 Å². The zero-order valence-electron chi connectivity index (χ0n) is 16.1. The van der Waals surface area contributed by atoms with Crippen molar-refractivity contribution in [2.75, 3.05) is 11.9 Å². The van der Waals surface area contributed by atoms with E-state index in [4.69, 9.17) is 5.11 Å². The van der Waals surface area contributed by atoms with E-state index in [1.54, 1.807) is 31.2 Å². The summed E-state index contributed by atoms with van der Waals surface area (Å²) in [5.41, 5.74) is 3.52. The van der Waals surface area contributed by atoms with Gasteiger partial charge in [-0.15, -0.1) is 0 Å². The Balaban J connectivity index is 2.31. The highest BCUT2D eigenvalue weighted by atomic mass is 19.1. The van der Waals surface area contributed by atoms with Gasteiger partial charge in [-0.1, -0.05) is 32.0 Å². The Bertz CT molecular complexity index is 1050. The number of aryl methyl sites for hydroxylation is 1. The molecule has 1 aromatic heterocycles. The molecule has 0 aliphatic carbocycles. The van der Waals surface area contributed by atoms with Crippen molar-refractivity contribution < 1.29 is 19.4 Å². The first-order chi connectivity index (χ1) is 13.3. The fourth-order valence-electron chi connectivity index (χ4n) is 3.38. The molecule has 0 fully saturated rings. The number of nitrogens with one attached hydrogen (secondary N) is 1. The number of benzene rings is 2. The summed E-state index contributed by atoms with van der Waals surface area (Å²) in [4.78, 5) is 15.5. The molecule has 6 heteroatoms. The molecule has 0 atom stereocenters. The maximum atomic E-state index is 13.9. The number of fused-ring (bicyclic) bond motifs is 1. The van der Waals surface area contributed by atoms with Crippen LogP contribution in [0.3, 0.4) is 0 Å². The molecule has 0 saturated carbocycles. The van der Waals surface area contributed by atoms with Crippen LogP contribution in [0.15, 0.2) is 36.4 Å². The minimum Gasteiger partial charge on any atom is -0.506 e. The van der Waals surface area contributed by atoms with Gasteiger partial charge < -0.3 is 15.5 Å². The molecular weight excluding hydrogens is 359 g/mol. The first-order valence-corrected chi connectivity index (χ1v) is 9.17. The third-order valence-electron chi connectivity index (χ3n) is 4.69. The van der Waals surface area contributed by atoms with Crippen molar-refractivity contribution in [3.63, 3.8) is 0 Å². The molecule has 0 amide bonds. The number of pyridine rings is 1. The van der Waals surface area contributed by atoms with E-state index >= 15 is 0 Å². The predicted octanol–water partition coefficient (Wildman–Crippen LogP) is 5.06. The number of phenolic OH excluding ortho intramolecular Hbond substituents is 1. The lowest BCUT2D eigenvalue weighted by molar-refractivity contribution is -0.136. The predicted molar refractivity (Wildman–Crippen MR) is 108 cm³/mol. The van der Waals surface area contributed by atoms with Crippen LogP contribution in [0.1, 0.15) is 37.3 Å². The second-order valence-electron chi connectivity index (χ2n) is 7.11. The molecule has 2 aromatic carbocycles. The molecule has 146 valence electrons. The number of halogens is 1. The first-order valence-electron chi connectivity index (χ1n) is 9.17. The van der Waals surface area contributed by atoms with E-state index in [1.807, 2.05) is 19.9 Å². The molecule has 0 unspecified atom stereocenters. The highest BCUT2D eigenvalue weighted by Gasteiger charge is 2.21. The van der Waals surface area contributed by atoms with Gasteiger partial charge >= 0.3 is 5.97 Å². The van der Waals surface area contributed by atoms with Crippen LogP contribution in [0, 0.1) is 12.7 Å². The summed E-state index contributed by atoms with van der Waals surface area (Å²) in [6.07, 6.45) is -0.0526. The third kappa shape index (κ3) is 3.76. The van der Waals surface area contributed by atoms with Gasteiger partial charge in [-0.05, 0) is 47.7 Å². The van der Waals surface area contributed by atoms with Gasteiger partial charge in [0.2, 0.25) is 0 Å². The summed E-state index contributed by atoms with van der Waals surface area (Å²) >= 11 is 0. The molecule has 5 nitrogen and oxygen atoms in total. The molecule has 0 saturated heterocycles. The third-order valence-corrected chi connectivity index (χ3v) is 4.69. The lowest BCUT2D eigenvalue weighted by atomic mass is 9.89. The molecule has 28 heavy (non-hydrogen) atoms. The number of aliphatic carboxylic acids is 1. The van der Waals surface area contributed by atoms with Crippen LogP contribution in [0.25, 0.3) is 22.0 Å². The minimum atomic E-state index is -0.906. The summed E-state index contributed by atoms with van der Waals surface area (Å²) in [5.74, 6) is -0.559. The van der Waals surface area contributed by atoms with Gasteiger partial charge in [-0.3, -0.25) is 4.79 Å². The summed E-state index contributed by atoms with van der Waals surface area (Å²) in [7, 11) is 0. The number of hydrogen-bond acceptors (Lipinski definition) is 4. The largest absolute Gasteiger partial charge is 0.506 e. The van der Waals surface area contributed by atoms with Gasteiger partial charge in [0.05, 0.1) is 6.42 Å². The van der Waals surface area contributed by atoms with Crippen LogP contribution in [0.5, 0.6) is 5.75 Å². The molecule has 0 radical (unpaired) electrons. The molecular formula is C22H23FN2O3. The maximum absolute atomic E-state index is 13.9. The quantitative estimate of drug-likeness (QED) is 0.555. The Kier molecular flexibility index (Phi) is 5.49. The SMILES string of the molecule is Cc1cc(-c2c(C(C)C)c(NCCC(=O)O)nc3c(O)cccc23)ccc1F. The summed E-state index contributed by atoms with van der Waals surface area (Å²) in [6.45, 7) is 5.96. The van der Waals surface area contributed by atoms with Crippen LogP contribution in [-0.2, 0) is 4.79 Å². The Morgan fingerprint density at radius 1 is 1.25 bits per heavy atom. The molecule has 1 heterocycles. The summed E-state index contributed by atoms with van der Waals surface area (Å²) in [5, 5.41) is 23.2. The number of carbonyl (C=O) groups is 1. The Morgan fingerprint density at radius 3 is 2.64 bits per heavy atom. The maximum Gasteiger partial charge on any atom is 0.305 e. The molecule has 0 bridgehead atoms. The van der Waals surface area contributed by atoms with E-state index in [0.717, 1.165) is 22.1 Å². The van der Waals surface area contributed by atoms with Gasteiger partial charge in [-0.25, -0.2) is 9.37 Å². The average Bonchev–Trinajstić information content (AvgIpc) is 2.63. The van der Waals surface area contributed by atoms with Crippen molar-refractivity contribution in [1.82, 2.24) is 4.98 Å². The summed E-state index contributed by atoms with van der Waals surface area (Å²) in [6, 6.07) is 10.1. The lowest BCUT2D eigenvalue weighted by Gasteiger charge is -2.21. The number of hydrogen-bond donors (Lipinski definition) is 3. The van der Waals surface area contributed by atoms with Crippen molar-refractivity contribution in [1.29, 1.82) is 0 Å². The number of aromatic hydroxyl groups is 1. The minimum absolute atomic E-state index is 0.0363. The number of nitrogens with zero attached hydrogens (tertiary/aromatic N) is 1. The Morgan fingerprint density at radius 2 is 2.00 bits per heavy atom. The normalized spacial score (nSPS) is 11.2. The van der Waals surface area contributed by atoms with Gasteiger partial charge in [0.1, 0.15) is 22.9 Å². The Labute approximate surface area is 162 Å². The second kappa shape index (κ2) is 7.84. The van der Waals surface area contributed by atoms with Crippen LogP contribution in [0.4, 0.5) is 10.2 Å². The van der Waals surface area contributed by atoms with E-state index in [2.05, 4.69) is 10.3 Å². The molecule has 0 aliphatic heterocycles. The zero-order valence-corrected chi connectivity index (χ0v) is 16.1.